The van der Waals surface area contributed by atoms with Crippen LogP contribution >= 0.6 is 0 Å². The molecule has 0 spiro atoms. The summed E-state index contributed by atoms with van der Waals surface area (Å²) in [5, 5.41) is 12.9. The molecule has 2 atom stereocenters. The van der Waals surface area contributed by atoms with Gasteiger partial charge in [0.25, 0.3) is 0 Å². The Morgan fingerprint density at radius 2 is 1.73 bits per heavy atom. The summed E-state index contributed by atoms with van der Waals surface area (Å²) in [4.78, 5) is 0. The van der Waals surface area contributed by atoms with Crippen LogP contribution < -0.4 is 4.74 Å². The van der Waals surface area contributed by atoms with E-state index >= 15 is 0 Å². The number of aliphatic hydroxyl groups is 1. The van der Waals surface area contributed by atoms with Gasteiger partial charge in [-0.05, 0) is 41.0 Å². The summed E-state index contributed by atoms with van der Waals surface area (Å²) in [5.41, 5.74) is 3.35. The zero-order chi connectivity index (χ0) is 15.1. The SMILES string of the molecule is Cc1ccc2cc([C@H]3Oc4ccccc4C[C@@H]3O)ccc2c1. The van der Waals surface area contributed by atoms with Crippen molar-refractivity contribution >= 4 is 10.8 Å². The summed E-state index contributed by atoms with van der Waals surface area (Å²) < 4.78 is 6.05. The molecule has 1 N–H and O–H groups in total. The van der Waals surface area contributed by atoms with Gasteiger partial charge in [0, 0.05) is 6.42 Å². The highest BCUT2D eigenvalue weighted by Crippen LogP contribution is 2.35. The second kappa shape index (κ2) is 5.15. The van der Waals surface area contributed by atoms with Crippen LogP contribution in [0.15, 0.2) is 60.7 Å². The van der Waals surface area contributed by atoms with Crippen LogP contribution in [0.5, 0.6) is 5.75 Å². The lowest BCUT2D eigenvalue weighted by Crippen LogP contribution is -2.30. The Hall–Kier alpha value is -2.32. The fourth-order valence-corrected chi connectivity index (χ4v) is 3.19. The van der Waals surface area contributed by atoms with E-state index in [9.17, 15) is 5.11 Å². The summed E-state index contributed by atoms with van der Waals surface area (Å²) in [7, 11) is 0. The topological polar surface area (TPSA) is 29.5 Å². The minimum absolute atomic E-state index is 0.305. The molecule has 0 saturated heterocycles. The van der Waals surface area contributed by atoms with Crippen LogP contribution in [0.1, 0.15) is 22.8 Å². The predicted molar refractivity (Wildman–Crippen MR) is 88.2 cm³/mol. The molecule has 1 aliphatic heterocycles. The maximum absolute atomic E-state index is 10.5. The Balaban J connectivity index is 1.74. The lowest BCUT2D eigenvalue weighted by molar-refractivity contribution is 0.0209. The van der Waals surface area contributed by atoms with E-state index in [1.165, 1.54) is 16.3 Å². The van der Waals surface area contributed by atoms with Gasteiger partial charge in [-0.15, -0.1) is 0 Å². The number of fused-ring (bicyclic) bond motifs is 2. The molecule has 0 unspecified atom stereocenters. The molecule has 3 aromatic rings. The third kappa shape index (κ3) is 2.26. The van der Waals surface area contributed by atoms with Gasteiger partial charge in [-0.3, -0.25) is 0 Å². The second-order valence-corrected chi connectivity index (χ2v) is 6.03. The van der Waals surface area contributed by atoms with E-state index in [2.05, 4.69) is 43.3 Å². The molecule has 0 radical (unpaired) electrons. The van der Waals surface area contributed by atoms with Crippen molar-refractivity contribution in [2.75, 3.05) is 0 Å². The van der Waals surface area contributed by atoms with Crippen LogP contribution in [-0.4, -0.2) is 11.2 Å². The molecule has 3 aromatic carbocycles. The lowest BCUT2D eigenvalue weighted by Gasteiger charge is -2.31. The summed E-state index contributed by atoms with van der Waals surface area (Å²) in [6.45, 7) is 2.10. The molecule has 0 fully saturated rings. The van der Waals surface area contributed by atoms with Crippen molar-refractivity contribution in [1.82, 2.24) is 0 Å². The van der Waals surface area contributed by atoms with Crippen LogP contribution in [-0.2, 0) is 6.42 Å². The van der Waals surface area contributed by atoms with Gasteiger partial charge >= 0.3 is 0 Å². The van der Waals surface area contributed by atoms with Gasteiger partial charge in [0.05, 0.1) is 6.10 Å². The molecule has 0 saturated carbocycles. The average molecular weight is 290 g/mol. The molecule has 22 heavy (non-hydrogen) atoms. The molecule has 1 aliphatic rings. The number of hydrogen-bond donors (Lipinski definition) is 1. The third-order valence-electron chi connectivity index (χ3n) is 4.35. The van der Waals surface area contributed by atoms with Gasteiger partial charge in [-0.25, -0.2) is 0 Å². The number of aliphatic hydroxyl groups excluding tert-OH is 1. The van der Waals surface area contributed by atoms with Crippen molar-refractivity contribution in [3.63, 3.8) is 0 Å². The van der Waals surface area contributed by atoms with Crippen molar-refractivity contribution in [3.8, 4) is 5.75 Å². The zero-order valence-corrected chi connectivity index (χ0v) is 12.5. The van der Waals surface area contributed by atoms with Crippen LogP contribution in [0.25, 0.3) is 10.8 Å². The van der Waals surface area contributed by atoms with Crippen molar-refractivity contribution in [3.05, 3.63) is 77.4 Å². The molecule has 2 heteroatoms. The number of hydrogen-bond acceptors (Lipinski definition) is 2. The summed E-state index contributed by atoms with van der Waals surface area (Å²) in [6, 6.07) is 20.6. The molecular formula is C20H18O2. The van der Waals surface area contributed by atoms with Gasteiger partial charge in [-0.1, -0.05) is 54.1 Å². The molecule has 1 heterocycles. The zero-order valence-electron chi connectivity index (χ0n) is 12.5. The first-order valence-electron chi connectivity index (χ1n) is 7.64. The fourth-order valence-electron chi connectivity index (χ4n) is 3.19. The van der Waals surface area contributed by atoms with Gasteiger partial charge in [0.1, 0.15) is 11.9 Å². The van der Waals surface area contributed by atoms with Crippen LogP contribution in [0.3, 0.4) is 0 Å². The van der Waals surface area contributed by atoms with Crippen LogP contribution in [0.4, 0.5) is 0 Å². The quantitative estimate of drug-likeness (QED) is 0.728. The predicted octanol–water partition coefficient (Wildman–Crippen LogP) is 4.19. The largest absolute Gasteiger partial charge is 0.483 e. The highest BCUT2D eigenvalue weighted by Gasteiger charge is 2.29. The third-order valence-corrected chi connectivity index (χ3v) is 4.35. The summed E-state index contributed by atoms with van der Waals surface area (Å²) in [6.07, 6.45) is -0.189. The Labute approximate surface area is 130 Å². The van der Waals surface area contributed by atoms with Crippen LogP contribution in [0.2, 0.25) is 0 Å². The monoisotopic (exact) mass is 290 g/mol. The van der Waals surface area contributed by atoms with E-state index in [1.807, 2.05) is 24.3 Å². The molecule has 0 amide bonds. The number of ether oxygens (including phenoxy) is 1. The number of rotatable bonds is 1. The number of aryl methyl sites for hydroxylation is 1. The van der Waals surface area contributed by atoms with Crippen molar-refractivity contribution < 1.29 is 9.84 Å². The van der Waals surface area contributed by atoms with E-state index < -0.39 is 6.10 Å². The van der Waals surface area contributed by atoms with Crippen LogP contribution in [0, 0.1) is 6.92 Å². The number of para-hydroxylation sites is 1. The van der Waals surface area contributed by atoms with Crippen molar-refractivity contribution in [2.45, 2.75) is 25.6 Å². The van der Waals surface area contributed by atoms with E-state index in [1.54, 1.807) is 0 Å². The Kier molecular flexibility index (Phi) is 3.12. The van der Waals surface area contributed by atoms with Gasteiger partial charge in [0.2, 0.25) is 0 Å². The second-order valence-electron chi connectivity index (χ2n) is 6.03. The Morgan fingerprint density at radius 3 is 2.64 bits per heavy atom. The molecule has 4 rings (SSSR count). The van der Waals surface area contributed by atoms with E-state index in [-0.39, 0.29) is 6.10 Å². The Bertz CT molecular complexity index is 838. The summed E-state index contributed by atoms with van der Waals surface area (Å²) >= 11 is 0. The highest BCUT2D eigenvalue weighted by molar-refractivity contribution is 5.83. The number of benzene rings is 3. The molecule has 110 valence electrons. The van der Waals surface area contributed by atoms with E-state index in [0.717, 1.165) is 16.9 Å². The first-order chi connectivity index (χ1) is 10.7. The maximum atomic E-state index is 10.5. The normalized spacial score (nSPS) is 20.5. The minimum atomic E-state index is -0.516. The highest BCUT2D eigenvalue weighted by atomic mass is 16.5. The Morgan fingerprint density at radius 1 is 0.955 bits per heavy atom. The smallest absolute Gasteiger partial charge is 0.150 e. The standard InChI is InChI=1S/C20H18O2/c1-13-6-7-15-11-17(9-8-14(15)10-13)20-18(21)12-16-4-2-3-5-19(16)22-20/h2-11,18,20-21H,12H2,1H3/t18-,20+/m0/s1. The van der Waals surface area contributed by atoms with Crippen molar-refractivity contribution in [1.29, 1.82) is 0 Å². The summed E-state index contributed by atoms with van der Waals surface area (Å²) in [5.74, 6) is 0.877. The first-order valence-corrected chi connectivity index (χ1v) is 7.64. The van der Waals surface area contributed by atoms with E-state index in [0.29, 0.717) is 6.42 Å². The van der Waals surface area contributed by atoms with E-state index in [4.69, 9.17) is 4.74 Å². The molecular weight excluding hydrogens is 272 g/mol. The van der Waals surface area contributed by atoms with Crippen molar-refractivity contribution in [2.24, 2.45) is 0 Å². The molecule has 0 aromatic heterocycles. The molecule has 0 bridgehead atoms. The fraction of sp³-hybridized carbons (Fsp3) is 0.200. The van der Waals surface area contributed by atoms with Gasteiger partial charge in [0.15, 0.2) is 0 Å². The maximum Gasteiger partial charge on any atom is 0.150 e. The molecule has 0 aliphatic carbocycles. The lowest BCUT2D eigenvalue weighted by atomic mass is 9.93. The van der Waals surface area contributed by atoms with Gasteiger partial charge < -0.3 is 9.84 Å². The van der Waals surface area contributed by atoms with Gasteiger partial charge in [-0.2, -0.15) is 0 Å². The molecule has 2 nitrogen and oxygen atoms in total. The first kappa shape index (κ1) is 13.4. The minimum Gasteiger partial charge on any atom is -0.483 e. The average Bonchev–Trinajstić information content (AvgIpc) is 2.54.